The van der Waals surface area contributed by atoms with Crippen molar-refractivity contribution in [3.63, 3.8) is 0 Å². The lowest BCUT2D eigenvalue weighted by Gasteiger charge is -2.36. The monoisotopic (exact) mass is 432 g/mol. The van der Waals surface area contributed by atoms with Gasteiger partial charge in [-0.1, -0.05) is 18.2 Å². The molecule has 4 rings (SSSR count). The van der Waals surface area contributed by atoms with Gasteiger partial charge in [-0.15, -0.1) is 0 Å². The minimum absolute atomic E-state index is 0.0517. The molecule has 0 aliphatic carbocycles. The van der Waals surface area contributed by atoms with Gasteiger partial charge in [-0.3, -0.25) is 14.7 Å². The van der Waals surface area contributed by atoms with Crippen LogP contribution in [0, 0.1) is 6.92 Å². The number of unbranched alkanes of at least 4 members (excludes halogenated alkanes) is 1. The van der Waals surface area contributed by atoms with Crippen molar-refractivity contribution in [3.8, 4) is 5.75 Å². The molecule has 0 saturated carbocycles. The number of fused-ring (bicyclic) bond motifs is 1. The normalized spacial score (nSPS) is 14.5. The molecule has 1 N–H and O–H groups in total. The summed E-state index contributed by atoms with van der Waals surface area (Å²) in [5.41, 5.74) is 3.53. The molecule has 1 saturated heterocycles. The maximum Gasteiger partial charge on any atom is 0.253 e. The fraction of sp³-hybridized carbons (Fsp3) is 0.385. The molecule has 0 spiro atoms. The Bertz CT molecular complexity index is 1050. The zero-order valence-corrected chi connectivity index (χ0v) is 19.0. The molecule has 0 bridgehead atoms. The molecule has 0 atom stereocenters. The minimum atomic E-state index is -0.0517. The first kappa shape index (κ1) is 22.1. The molecule has 1 aliphatic heterocycles. The quantitative estimate of drug-likeness (QED) is 0.548. The van der Waals surface area contributed by atoms with Gasteiger partial charge in [0.1, 0.15) is 5.75 Å². The van der Waals surface area contributed by atoms with Crippen molar-refractivity contribution in [3.05, 3.63) is 65.9 Å². The average Bonchev–Trinajstić information content (AvgIpc) is 2.83. The standard InChI is InChI=1S/C26H32N4O2/c1-20-24(18-21-10-11-23(32-2)19-25(21)28-20)26(31)27-12-6-7-13-29-14-16-30(17-15-29)22-8-4-3-5-9-22/h3-5,8-11,18-19H,6-7,12-17H2,1-2H3,(H,27,31). The Morgan fingerprint density at radius 1 is 1.03 bits per heavy atom. The van der Waals surface area contributed by atoms with E-state index in [1.807, 2.05) is 31.2 Å². The predicted molar refractivity (Wildman–Crippen MR) is 130 cm³/mol. The van der Waals surface area contributed by atoms with Crippen molar-refractivity contribution < 1.29 is 9.53 Å². The number of anilines is 1. The van der Waals surface area contributed by atoms with Crippen LogP contribution in [0.1, 0.15) is 28.9 Å². The molecule has 32 heavy (non-hydrogen) atoms. The number of rotatable bonds is 8. The van der Waals surface area contributed by atoms with Crippen LogP contribution < -0.4 is 15.0 Å². The molecule has 3 aromatic rings. The summed E-state index contributed by atoms with van der Waals surface area (Å²) in [6.07, 6.45) is 2.06. The summed E-state index contributed by atoms with van der Waals surface area (Å²) in [4.78, 5) is 22.2. The van der Waals surface area contributed by atoms with Crippen LogP contribution >= 0.6 is 0 Å². The number of hydrogen-bond acceptors (Lipinski definition) is 5. The van der Waals surface area contributed by atoms with E-state index in [-0.39, 0.29) is 5.91 Å². The van der Waals surface area contributed by atoms with E-state index < -0.39 is 0 Å². The first-order valence-electron chi connectivity index (χ1n) is 11.4. The van der Waals surface area contributed by atoms with Crippen LogP contribution in [-0.2, 0) is 0 Å². The molecule has 1 amide bonds. The number of piperazine rings is 1. The molecular weight excluding hydrogens is 400 g/mol. The van der Waals surface area contributed by atoms with Crippen LogP contribution in [0.5, 0.6) is 5.75 Å². The van der Waals surface area contributed by atoms with E-state index in [9.17, 15) is 4.79 Å². The van der Waals surface area contributed by atoms with Crippen LogP contribution in [0.4, 0.5) is 5.69 Å². The van der Waals surface area contributed by atoms with Crippen LogP contribution in [-0.4, -0.2) is 62.2 Å². The number of carbonyl (C=O) groups is 1. The summed E-state index contributed by atoms with van der Waals surface area (Å²) in [5.74, 6) is 0.715. The SMILES string of the molecule is COc1ccc2cc(C(=O)NCCCCN3CCN(c4ccccc4)CC3)c(C)nc2c1. The largest absolute Gasteiger partial charge is 0.497 e. The summed E-state index contributed by atoms with van der Waals surface area (Å²) in [7, 11) is 1.64. The van der Waals surface area contributed by atoms with Gasteiger partial charge in [0.15, 0.2) is 0 Å². The van der Waals surface area contributed by atoms with Crippen molar-refractivity contribution in [1.82, 2.24) is 15.2 Å². The number of pyridine rings is 1. The van der Waals surface area contributed by atoms with Crippen molar-refractivity contribution in [2.45, 2.75) is 19.8 Å². The molecule has 0 unspecified atom stereocenters. The highest BCUT2D eigenvalue weighted by molar-refractivity contribution is 5.98. The summed E-state index contributed by atoms with van der Waals surface area (Å²) in [6.45, 7) is 7.96. The van der Waals surface area contributed by atoms with Crippen molar-refractivity contribution >= 4 is 22.5 Å². The first-order chi connectivity index (χ1) is 15.6. The third-order valence-electron chi connectivity index (χ3n) is 6.14. The van der Waals surface area contributed by atoms with Gasteiger partial charge < -0.3 is 15.0 Å². The second-order valence-corrected chi connectivity index (χ2v) is 8.31. The number of aromatic nitrogens is 1. The first-order valence-corrected chi connectivity index (χ1v) is 11.4. The van der Waals surface area contributed by atoms with Gasteiger partial charge in [0.2, 0.25) is 0 Å². The van der Waals surface area contributed by atoms with Crippen molar-refractivity contribution in [2.24, 2.45) is 0 Å². The molecule has 2 aromatic carbocycles. The van der Waals surface area contributed by atoms with E-state index in [0.29, 0.717) is 12.1 Å². The van der Waals surface area contributed by atoms with Gasteiger partial charge in [-0.05, 0) is 56.6 Å². The fourth-order valence-corrected chi connectivity index (χ4v) is 4.23. The smallest absolute Gasteiger partial charge is 0.253 e. The second kappa shape index (κ2) is 10.5. The zero-order valence-electron chi connectivity index (χ0n) is 19.0. The molecule has 1 aliphatic rings. The van der Waals surface area contributed by atoms with E-state index >= 15 is 0 Å². The summed E-state index contributed by atoms with van der Waals surface area (Å²) in [6, 6.07) is 18.3. The Kier molecular flexibility index (Phi) is 7.22. The molecule has 6 nitrogen and oxygen atoms in total. The van der Waals surface area contributed by atoms with E-state index in [1.165, 1.54) is 5.69 Å². The van der Waals surface area contributed by atoms with Crippen molar-refractivity contribution in [2.75, 3.05) is 51.3 Å². The number of methoxy groups -OCH3 is 1. The lowest BCUT2D eigenvalue weighted by Crippen LogP contribution is -2.46. The summed E-state index contributed by atoms with van der Waals surface area (Å²) < 4.78 is 5.26. The third-order valence-corrected chi connectivity index (χ3v) is 6.14. The van der Waals surface area contributed by atoms with Crippen LogP contribution in [0.15, 0.2) is 54.6 Å². The molecule has 2 heterocycles. The second-order valence-electron chi connectivity index (χ2n) is 8.31. The molecule has 168 valence electrons. The van der Waals surface area contributed by atoms with E-state index in [4.69, 9.17) is 4.74 Å². The number of nitrogens with one attached hydrogen (secondary N) is 1. The Morgan fingerprint density at radius 2 is 1.81 bits per heavy atom. The highest BCUT2D eigenvalue weighted by Crippen LogP contribution is 2.22. The molecular formula is C26H32N4O2. The zero-order chi connectivity index (χ0) is 22.3. The number of aryl methyl sites for hydroxylation is 1. The number of para-hydroxylation sites is 1. The Morgan fingerprint density at radius 3 is 2.56 bits per heavy atom. The number of ether oxygens (including phenoxy) is 1. The molecule has 6 heteroatoms. The Balaban J connectivity index is 1.19. The van der Waals surface area contributed by atoms with Crippen LogP contribution in [0.2, 0.25) is 0 Å². The lowest BCUT2D eigenvalue weighted by atomic mass is 10.1. The van der Waals surface area contributed by atoms with Crippen LogP contribution in [0.3, 0.4) is 0 Å². The summed E-state index contributed by atoms with van der Waals surface area (Å²) >= 11 is 0. The number of hydrogen-bond donors (Lipinski definition) is 1. The van der Waals surface area contributed by atoms with Gasteiger partial charge in [0.25, 0.3) is 5.91 Å². The highest BCUT2D eigenvalue weighted by Gasteiger charge is 2.16. The molecule has 0 radical (unpaired) electrons. The third kappa shape index (κ3) is 5.37. The summed E-state index contributed by atoms with van der Waals surface area (Å²) in [5, 5.41) is 4.00. The molecule has 1 fully saturated rings. The molecule has 1 aromatic heterocycles. The minimum Gasteiger partial charge on any atom is -0.497 e. The number of amides is 1. The average molecular weight is 433 g/mol. The van der Waals surface area contributed by atoms with Gasteiger partial charge in [-0.25, -0.2) is 0 Å². The van der Waals surface area contributed by atoms with Crippen LogP contribution in [0.25, 0.3) is 10.9 Å². The Labute approximate surface area is 190 Å². The predicted octanol–water partition coefficient (Wildman–Crippen LogP) is 3.88. The number of benzene rings is 2. The van der Waals surface area contributed by atoms with Gasteiger partial charge in [0, 0.05) is 49.9 Å². The fourth-order valence-electron chi connectivity index (χ4n) is 4.23. The van der Waals surface area contributed by atoms with E-state index in [1.54, 1.807) is 7.11 Å². The maximum atomic E-state index is 12.7. The van der Waals surface area contributed by atoms with Crippen molar-refractivity contribution in [1.29, 1.82) is 0 Å². The van der Waals surface area contributed by atoms with E-state index in [0.717, 1.165) is 67.9 Å². The van der Waals surface area contributed by atoms with Gasteiger partial charge in [0.05, 0.1) is 23.9 Å². The number of nitrogens with zero attached hydrogens (tertiary/aromatic N) is 3. The van der Waals surface area contributed by atoms with Gasteiger partial charge >= 0.3 is 0 Å². The van der Waals surface area contributed by atoms with Gasteiger partial charge in [-0.2, -0.15) is 0 Å². The number of carbonyl (C=O) groups excluding carboxylic acids is 1. The lowest BCUT2D eigenvalue weighted by molar-refractivity contribution is 0.0951. The van der Waals surface area contributed by atoms with E-state index in [2.05, 4.69) is 50.4 Å². The topological polar surface area (TPSA) is 57.7 Å². The highest BCUT2D eigenvalue weighted by atomic mass is 16.5. The maximum absolute atomic E-state index is 12.7. The Hall–Kier alpha value is -3.12.